The fraction of sp³-hybridized carbons (Fsp3) is 0.273. The highest BCUT2D eigenvalue weighted by Crippen LogP contribution is 2.43. The number of amides is 1. The molecule has 9 nitrogen and oxygen atoms in total. The lowest BCUT2D eigenvalue weighted by atomic mass is 10.0. The van der Waals surface area contributed by atoms with Crippen molar-refractivity contribution in [1.82, 2.24) is 10.2 Å². The van der Waals surface area contributed by atoms with Gasteiger partial charge in [-0.2, -0.15) is 5.10 Å². The van der Waals surface area contributed by atoms with Gasteiger partial charge in [-0.3, -0.25) is 9.89 Å². The van der Waals surface area contributed by atoms with Crippen molar-refractivity contribution >= 4 is 11.7 Å². The molecule has 9 heteroatoms. The number of fused-ring (bicyclic) bond motifs is 1. The number of aromatic nitrogens is 2. The number of nitrogens with one attached hydrogen (secondary N) is 2. The predicted octanol–water partition coefficient (Wildman–Crippen LogP) is 3.19. The van der Waals surface area contributed by atoms with Crippen LogP contribution < -0.4 is 29.0 Å². The predicted molar refractivity (Wildman–Crippen MR) is 113 cm³/mol. The number of aryl methyl sites for hydroxylation is 1. The molecule has 0 aliphatic carbocycles. The van der Waals surface area contributed by atoms with Gasteiger partial charge in [0.1, 0.15) is 6.61 Å². The van der Waals surface area contributed by atoms with Crippen LogP contribution in [-0.4, -0.2) is 50.1 Å². The van der Waals surface area contributed by atoms with E-state index in [9.17, 15) is 4.79 Å². The van der Waals surface area contributed by atoms with Crippen LogP contribution in [0, 0.1) is 6.92 Å². The van der Waals surface area contributed by atoms with E-state index < -0.39 is 6.10 Å². The topological polar surface area (TPSA) is 104 Å². The Morgan fingerprint density at radius 1 is 1.10 bits per heavy atom. The lowest BCUT2D eigenvalue weighted by Gasteiger charge is -2.25. The third-order valence-corrected chi connectivity index (χ3v) is 4.94. The van der Waals surface area contributed by atoms with E-state index in [-0.39, 0.29) is 12.5 Å². The molecule has 3 aromatic rings. The van der Waals surface area contributed by atoms with Gasteiger partial charge in [-0.15, -0.1) is 0 Å². The minimum Gasteiger partial charge on any atom is -0.493 e. The Bertz CT molecular complexity index is 1090. The molecule has 1 aliphatic heterocycles. The van der Waals surface area contributed by atoms with Crippen LogP contribution in [0.3, 0.4) is 0 Å². The molecule has 1 unspecified atom stereocenters. The second kappa shape index (κ2) is 8.47. The van der Waals surface area contributed by atoms with Crippen molar-refractivity contribution in [2.24, 2.45) is 0 Å². The second-order valence-electron chi connectivity index (χ2n) is 6.84. The first-order valence-electron chi connectivity index (χ1n) is 9.60. The minimum absolute atomic E-state index is 0.103. The van der Waals surface area contributed by atoms with Gasteiger partial charge >= 0.3 is 0 Å². The van der Waals surface area contributed by atoms with Gasteiger partial charge in [-0.1, -0.05) is 12.1 Å². The molecular weight excluding hydrogens is 402 g/mol. The molecule has 4 rings (SSSR count). The number of nitrogens with zero attached hydrogens (tertiary/aromatic N) is 1. The monoisotopic (exact) mass is 425 g/mol. The minimum atomic E-state index is -0.806. The number of carbonyl (C=O) groups is 1. The Balaban J connectivity index is 1.63. The maximum Gasteiger partial charge on any atom is 0.270 e. The average molecular weight is 425 g/mol. The molecule has 1 aliphatic rings. The number of rotatable bonds is 6. The Morgan fingerprint density at radius 3 is 2.42 bits per heavy atom. The average Bonchev–Trinajstić information content (AvgIpc) is 3.17. The zero-order chi connectivity index (χ0) is 22.0. The van der Waals surface area contributed by atoms with E-state index in [0.29, 0.717) is 40.1 Å². The van der Waals surface area contributed by atoms with E-state index in [1.807, 2.05) is 19.1 Å². The van der Waals surface area contributed by atoms with Crippen LogP contribution in [0.15, 0.2) is 36.4 Å². The van der Waals surface area contributed by atoms with Crippen molar-refractivity contribution in [2.75, 3.05) is 33.3 Å². The van der Waals surface area contributed by atoms with Gasteiger partial charge in [0.05, 0.1) is 21.3 Å². The van der Waals surface area contributed by atoms with Gasteiger partial charge < -0.3 is 29.0 Å². The fourth-order valence-corrected chi connectivity index (χ4v) is 3.44. The van der Waals surface area contributed by atoms with Crippen molar-refractivity contribution in [1.29, 1.82) is 0 Å². The molecule has 0 fully saturated rings. The summed E-state index contributed by atoms with van der Waals surface area (Å²) >= 11 is 0. The SMILES string of the molecule is COc1cc(-c2c(NC(=O)C3COc4ccccc4O3)n[nH]c2C)cc(OC)c1OC. The van der Waals surface area contributed by atoms with Gasteiger partial charge in [-0.25, -0.2) is 0 Å². The van der Waals surface area contributed by atoms with Crippen molar-refractivity contribution in [3.63, 3.8) is 0 Å². The first-order valence-corrected chi connectivity index (χ1v) is 9.60. The molecule has 31 heavy (non-hydrogen) atoms. The number of H-pyrrole nitrogens is 1. The highest BCUT2D eigenvalue weighted by Gasteiger charge is 2.29. The zero-order valence-corrected chi connectivity index (χ0v) is 17.6. The summed E-state index contributed by atoms with van der Waals surface area (Å²) in [6, 6.07) is 10.8. The van der Waals surface area contributed by atoms with E-state index in [4.69, 9.17) is 23.7 Å². The number of hydrogen-bond acceptors (Lipinski definition) is 7. The number of para-hydroxylation sites is 2. The molecule has 0 radical (unpaired) electrons. The number of benzene rings is 2. The number of ether oxygens (including phenoxy) is 5. The molecule has 0 spiro atoms. The van der Waals surface area contributed by atoms with Crippen LogP contribution in [0.2, 0.25) is 0 Å². The third-order valence-electron chi connectivity index (χ3n) is 4.94. The van der Waals surface area contributed by atoms with Crippen LogP contribution in [-0.2, 0) is 4.79 Å². The van der Waals surface area contributed by atoms with Gasteiger partial charge in [0.15, 0.2) is 28.8 Å². The quantitative estimate of drug-likeness (QED) is 0.625. The Hall–Kier alpha value is -3.88. The Kier molecular flexibility index (Phi) is 5.57. The molecule has 1 atom stereocenters. The van der Waals surface area contributed by atoms with Gasteiger partial charge in [-0.05, 0) is 36.8 Å². The van der Waals surface area contributed by atoms with E-state index in [1.54, 1.807) is 45.6 Å². The number of methoxy groups -OCH3 is 3. The smallest absolute Gasteiger partial charge is 0.270 e. The van der Waals surface area contributed by atoms with E-state index in [1.165, 1.54) is 0 Å². The van der Waals surface area contributed by atoms with E-state index >= 15 is 0 Å². The zero-order valence-electron chi connectivity index (χ0n) is 17.6. The number of carbonyl (C=O) groups excluding carboxylic acids is 1. The second-order valence-corrected chi connectivity index (χ2v) is 6.84. The van der Waals surface area contributed by atoms with Gasteiger partial charge in [0, 0.05) is 11.3 Å². The lowest BCUT2D eigenvalue weighted by molar-refractivity contribution is -0.125. The maximum absolute atomic E-state index is 12.9. The van der Waals surface area contributed by atoms with E-state index in [0.717, 1.165) is 11.3 Å². The van der Waals surface area contributed by atoms with Gasteiger partial charge in [0.25, 0.3) is 5.91 Å². The summed E-state index contributed by atoms with van der Waals surface area (Å²) in [5, 5.41) is 10.0. The molecule has 2 aromatic carbocycles. The van der Waals surface area contributed by atoms with Crippen molar-refractivity contribution in [3.8, 4) is 39.9 Å². The molecule has 162 valence electrons. The molecule has 1 amide bonds. The Labute approximate surface area is 179 Å². The van der Waals surface area contributed by atoms with Crippen LogP contribution in [0.5, 0.6) is 28.7 Å². The largest absolute Gasteiger partial charge is 0.493 e. The van der Waals surface area contributed by atoms with Crippen molar-refractivity contribution in [2.45, 2.75) is 13.0 Å². The first-order chi connectivity index (χ1) is 15.0. The highest BCUT2D eigenvalue weighted by atomic mass is 16.6. The molecule has 1 aromatic heterocycles. The van der Waals surface area contributed by atoms with Crippen molar-refractivity contribution in [3.05, 3.63) is 42.1 Å². The molecule has 2 heterocycles. The van der Waals surface area contributed by atoms with Crippen LogP contribution >= 0.6 is 0 Å². The van der Waals surface area contributed by atoms with Crippen LogP contribution in [0.4, 0.5) is 5.82 Å². The molecule has 2 N–H and O–H groups in total. The third kappa shape index (κ3) is 3.81. The van der Waals surface area contributed by atoms with Crippen molar-refractivity contribution < 1.29 is 28.5 Å². The summed E-state index contributed by atoms with van der Waals surface area (Å²) in [7, 11) is 4.63. The highest BCUT2D eigenvalue weighted by molar-refractivity contribution is 5.98. The Morgan fingerprint density at radius 2 is 1.77 bits per heavy atom. The fourth-order valence-electron chi connectivity index (χ4n) is 3.44. The summed E-state index contributed by atoms with van der Waals surface area (Å²) < 4.78 is 27.7. The summed E-state index contributed by atoms with van der Waals surface area (Å²) in [6.45, 7) is 1.96. The number of anilines is 1. The lowest BCUT2D eigenvalue weighted by Crippen LogP contribution is -2.40. The molecule has 0 saturated heterocycles. The van der Waals surface area contributed by atoms with Crippen LogP contribution in [0.25, 0.3) is 11.1 Å². The standard InChI is InChI=1S/C22H23N3O6/c1-12-19(13-9-16(27-2)20(29-4)17(10-13)28-3)21(25-24-12)23-22(26)18-11-30-14-7-5-6-8-15(14)31-18/h5-10,18H,11H2,1-4H3,(H2,23,24,25,26). The summed E-state index contributed by atoms with van der Waals surface area (Å²) in [5.74, 6) is 2.60. The first kappa shape index (κ1) is 20.4. The number of aromatic amines is 1. The molecule has 0 bridgehead atoms. The van der Waals surface area contributed by atoms with Gasteiger partial charge in [0.2, 0.25) is 11.9 Å². The maximum atomic E-state index is 12.9. The van der Waals surface area contributed by atoms with E-state index in [2.05, 4.69) is 15.5 Å². The summed E-state index contributed by atoms with van der Waals surface area (Å²) in [4.78, 5) is 12.9. The number of hydrogen-bond donors (Lipinski definition) is 2. The van der Waals surface area contributed by atoms with Crippen LogP contribution in [0.1, 0.15) is 5.69 Å². The normalized spacial score (nSPS) is 14.6. The molecular formula is C22H23N3O6. The summed E-state index contributed by atoms with van der Waals surface area (Å²) in [5.41, 5.74) is 2.20. The molecule has 0 saturated carbocycles. The summed E-state index contributed by atoms with van der Waals surface area (Å²) in [6.07, 6.45) is -0.806.